The highest BCUT2D eigenvalue weighted by atomic mass is 16.6. The van der Waals surface area contributed by atoms with Crippen LogP contribution in [0.15, 0.2) is 48.5 Å². The summed E-state index contributed by atoms with van der Waals surface area (Å²) in [6.45, 7) is 16.3. The maximum atomic E-state index is 6.31. The first-order valence-electron chi connectivity index (χ1n) is 11.7. The van der Waals surface area contributed by atoms with E-state index >= 15 is 0 Å². The third-order valence-electron chi connectivity index (χ3n) is 5.07. The van der Waals surface area contributed by atoms with Gasteiger partial charge in [-0.2, -0.15) is 0 Å². The van der Waals surface area contributed by atoms with Gasteiger partial charge in [0, 0.05) is 24.4 Å². The molecule has 32 heavy (non-hydrogen) atoms. The van der Waals surface area contributed by atoms with E-state index in [0.29, 0.717) is 0 Å². The van der Waals surface area contributed by atoms with E-state index in [1.807, 2.05) is 55.4 Å². The van der Waals surface area contributed by atoms with Gasteiger partial charge in [-0.05, 0) is 87.9 Å². The minimum Gasteiger partial charge on any atom is -0.405 e. The van der Waals surface area contributed by atoms with Crippen LogP contribution in [-0.2, 0) is 18.6 Å². The van der Waals surface area contributed by atoms with Gasteiger partial charge in [-0.1, -0.05) is 48.5 Å². The Bertz CT molecular complexity index is 874. The summed E-state index contributed by atoms with van der Waals surface area (Å²) < 4.78 is 25.2. The number of fused-ring (bicyclic) bond motifs is 2. The summed E-state index contributed by atoms with van der Waals surface area (Å²) in [5.41, 5.74) is 2.10. The fourth-order valence-electron chi connectivity index (χ4n) is 4.03. The molecular weight excluding hydrogens is 398 g/mol. The van der Waals surface area contributed by atoms with Gasteiger partial charge in [-0.3, -0.25) is 0 Å². The molecule has 0 amide bonds. The van der Waals surface area contributed by atoms with Crippen LogP contribution in [-0.4, -0.2) is 38.7 Å². The van der Waals surface area contributed by atoms with Gasteiger partial charge in [0.25, 0.3) is 0 Å². The molecule has 0 aliphatic heterocycles. The highest BCUT2D eigenvalue weighted by Gasteiger charge is 2.34. The number of hydrogen-bond acceptors (Lipinski definition) is 4. The van der Waals surface area contributed by atoms with Crippen molar-refractivity contribution in [3.63, 3.8) is 0 Å². The largest absolute Gasteiger partial charge is 0.495 e. The Morgan fingerprint density at radius 1 is 0.438 bits per heavy atom. The molecule has 3 aromatic rings. The molecule has 0 N–H and O–H groups in total. The normalized spacial score (nSPS) is 12.1. The van der Waals surface area contributed by atoms with Crippen LogP contribution in [0.5, 0.6) is 0 Å². The van der Waals surface area contributed by atoms with E-state index in [9.17, 15) is 0 Å². The van der Waals surface area contributed by atoms with Crippen LogP contribution in [0, 0.1) is 0 Å². The lowest BCUT2D eigenvalue weighted by atomic mass is 9.66. The molecule has 3 rings (SSSR count). The van der Waals surface area contributed by atoms with Crippen molar-refractivity contribution in [2.24, 2.45) is 0 Å². The highest BCUT2D eigenvalue weighted by Crippen LogP contribution is 2.23. The van der Waals surface area contributed by atoms with E-state index in [1.165, 1.54) is 0 Å². The Kier molecular flexibility index (Phi) is 8.40. The van der Waals surface area contributed by atoms with E-state index in [0.717, 1.165) is 32.5 Å². The second-order valence-electron chi connectivity index (χ2n) is 9.32. The van der Waals surface area contributed by atoms with Gasteiger partial charge in [0.2, 0.25) is 0 Å². The summed E-state index contributed by atoms with van der Waals surface area (Å²) in [6, 6.07) is 16.8. The first kappa shape index (κ1) is 24.8. The smallest absolute Gasteiger partial charge is 0.405 e. The van der Waals surface area contributed by atoms with Gasteiger partial charge in [0.15, 0.2) is 0 Å². The predicted molar refractivity (Wildman–Crippen MR) is 137 cm³/mol. The summed E-state index contributed by atoms with van der Waals surface area (Å²) in [5, 5.41) is 4.38. The Balaban J connectivity index is 2.37. The lowest BCUT2D eigenvalue weighted by molar-refractivity contribution is 0.138. The predicted octanol–water partition coefficient (Wildman–Crippen LogP) is 5.08. The number of hydrogen-bond donors (Lipinski definition) is 0. The second kappa shape index (κ2) is 10.8. The minimum absolute atomic E-state index is 0.0252. The monoisotopic (exact) mass is 434 g/mol. The zero-order valence-electron chi connectivity index (χ0n) is 20.7. The summed E-state index contributed by atoms with van der Waals surface area (Å²) in [5.74, 6) is 0. The van der Waals surface area contributed by atoms with Crippen LogP contribution >= 0.6 is 0 Å². The second-order valence-corrected chi connectivity index (χ2v) is 9.32. The van der Waals surface area contributed by atoms with Crippen LogP contribution in [0.2, 0.25) is 0 Å². The fourth-order valence-corrected chi connectivity index (χ4v) is 4.03. The van der Waals surface area contributed by atoms with Crippen molar-refractivity contribution < 1.29 is 18.6 Å². The molecule has 4 nitrogen and oxygen atoms in total. The standard InChI is InChI=1S/C26H36B2O4/c1-17(2)29-27(30-18(3)4)25-21-13-9-11-15-23(21)26(24-16-12-10-14-22(24)25)28(31-19(5)6)32-20(7)8/h9-20H,1-8H3. The van der Waals surface area contributed by atoms with Crippen molar-refractivity contribution in [1.82, 2.24) is 0 Å². The molecule has 3 aromatic carbocycles. The van der Waals surface area contributed by atoms with Crippen molar-refractivity contribution >= 4 is 46.7 Å². The number of rotatable bonds is 10. The van der Waals surface area contributed by atoms with Crippen LogP contribution in [0.4, 0.5) is 0 Å². The third-order valence-corrected chi connectivity index (χ3v) is 5.07. The maximum absolute atomic E-state index is 6.31. The molecule has 0 aromatic heterocycles. The average Bonchev–Trinajstić information content (AvgIpc) is 2.69. The van der Waals surface area contributed by atoms with Crippen molar-refractivity contribution in [1.29, 1.82) is 0 Å². The van der Waals surface area contributed by atoms with Gasteiger partial charge in [0.05, 0.1) is 0 Å². The van der Waals surface area contributed by atoms with Gasteiger partial charge in [-0.25, -0.2) is 0 Å². The van der Waals surface area contributed by atoms with Crippen molar-refractivity contribution in [2.45, 2.75) is 79.8 Å². The van der Waals surface area contributed by atoms with E-state index in [-0.39, 0.29) is 24.4 Å². The molecule has 0 saturated carbocycles. The Labute approximate surface area is 193 Å². The van der Waals surface area contributed by atoms with E-state index in [2.05, 4.69) is 48.5 Å². The summed E-state index contributed by atoms with van der Waals surface area (Å²) in [4.78, 5) is 0. The molecule has 0 atom stereocenters. The van der Waals surface area contributed by atoms with E-state index in [4.69, 9.17) is 18.6 Å². The quantitative estimate of drug-likeness (QED) is 0.330. The minimum atomic E-state index is -0.477. The van der Waals surface area contributed by atoms with Crippen molar-refractivity contribution in [3.05, 3.63) is 48.5 Å². The van der Waals surface area contributed by atoms with Crippen LogP contribution < -0.4 is 10.9 Å². The Hall–Kier alpha value is -1.85. The average molecular weight is 434 g/mol. The third kappa shape index (κ3) is 5.74. The fraction of sp³-hybridized carbons (Fsp3) is 0.462. The molecule has 0 spiro atoms. The summed E-state index contributed by atoms with van der Waals surface area (Å²) in [7, 11) is -0.955. The molecule has 0 aliphatic carbocycles. The lowest BCUT2D eigenvalue weighted by Crippen LogP contribution is -2.46. The zero-order chi connectivity index (χ0) is 23.4. The zero-order valence-corrected chi connectivity index (χ0v) is 20.7. The van der Waals surface area contributed by atoms with Gasteiger partial charge in [-0.15, -0.1) is 0 Å². The van der Waals surface area contributed by atoms with Crippen LogP contribution in [0.1, 0.15) is 55.4 Å². The Morgan fingerprint density at radius 3 is 0.844 bits per heavy atom. The summed E-state index contributed by atoms with van der Waals surface area (Å²) in [6.07, 6.45) is 0.101. The van der Waals surface area contributed by atoms with Crippen LogP contribution in [0.25, 0.3) is 21.5 Å². The first-order valence-corrected chi connectivity index (χ1v) is 11.7. The molecule has 0 saturated heterocycles. The van der Waals surface area contributed by atoms with E-state index in [1.54, 1.807) is 0 Å². The van der Waals surface area contributed by atoms with Gasteiger partial charge in [0.1, 0.15) is 0 Å². The van der Waals surface area contributed by atoms with E-state index < -0.39 is 14.2 Å². The molecule has 0 aliphatic rings. The summed E-state index contributed by atoms with van der Waals surface area (Å²) >= 11 is 0. The van der Waals surface area contributed by atoms with Crippen molar-refractivity contribution in [3.8, 4) is 0 Å². The highest BCUT2D eigenvalue weighted by molar-refractivity contribution is 6.73. The van der Waals surface area contributed by atoms with Gasteiger partial charge < -0.3 is 18.6 Å². The molecule has 0 bridgehead atoms. The molecule has 0 unspecified atom stereocenters. The SMILES string of the molecule is CC(C)OB(OC(C)C)c1c2ccccc2c(B(OC(C)C)OC(C)C)c2ccccc12. The van der Waals surface area contributed by atoms with Crippen molar-refractivity contribution in [2.75, 3.05) is 0 Å². The molecular formula is C26H36B2O4. The van der Waals surface area contributed by atoms with Gasteiger partial charge >= 0.3 is 14.2 Å². The molecule has 0 radical (unpaired) electrons. The molecule has 170 valence electrons. The lowest BCUT2D eigenvalue weighted by Gasteiger charge is -2.26. The maximum Gasteiger partial charge on any atom is 0.495 e. The topological polar surface area (TPSA) is 36.9 Å². The Morgan fingerprint density at radius 2 is 0.656 bits per heavy atom. The first-order chi connectivity index (χ1) is 15.2. The van der Waals surface area contributed by atoms with Crippen LogP contribution in [0.3, 0.4) is 0 Å². The number of benzene rings is 3. The molecule has 0 heterocycles. The molecule has 0 fully saturated rings. The molecule has 6 heteroatoms.